The van der Waals surface area contributed by atoms with E-state index in [0.29, 0.717) is 5.69 Å². The molecule has 0 aliphatic carbocycles. The van der Waals surface area contributed by atoms with Gasteiger partial charge in [0.2, 0.25) is 0 Å². The Bertz CT molecular complexity index is 825. The Morgan fingerprint density at radius 1 is 0.955 bits per heavy atom. The molecule has 0 fully saturated rings. The molecule has 5 heteroatoms. The van der Waals surface area contributed by atoms with Gasteiger partial charge >= 0.3 is 6.18 Å². The van der Waals surface area contributed by atoms with Gasteiger partial charge in [-0.05, 0) is 37.3 Å². The molecule has 0 aliphatic rings. The SMILES string of the molecule is Cc1ccc2nccc(Nc3ccccc3C(F)(F)F)c2c1. The van der Waals surface area contributed by atoms with Crippen LogP contribution in [0.15, 0.2) is 54.7 Å². The van der Waals surface area contributed by atoms with Crippen LogP contribution in [0.5, 0.6) is 0 Å². The van der Waals surface area contributed by atoms with Crippen molar-refractivity contribution in [2.24, 2.45) is 0 Å². The first-order valence-corrected chi connectivity index (χ1v) is 6.74. The van der Waals surface area contributed by atoms with Crippen molar-refractivity contribution in [2.45, 2.75) is 13.1 Å². The molecule has 1 N–H and O–H groups in total. The van der Waals surface area contributed by atoms with E-state index in [1.165, 1.54) is 12.1 Å². The number of benzene rings is 2. The van der Waals surface area contributed by atoms with Gasteiger partial charge in [-0.3, -0.25) is 4.98 Å². The average Bonchev–Trinajstić information content (AvgIpc) is 2.47. The minimum atomic E-state index is -4.40. The predicted molar refractivity (Wildman–Crippen MR) is 81.2 cm³/mol. The van der Waals surface area contributed by atoms with Crippen LogP contribution in [0.3, 0.4) is 0 Å². The quantitative estimate of drug-likeness (QED) is 0.694. The number of para-hydroxylation sites is 1. The summed E-state index contributed by atoms with van der Waals surface area (Å²) >= 11 is 0. The van der Waals surface area contributed by atoms with Crippen LogP contribution in [0.1, 0.15) is 11.1 Å². The molecule has 0 amide bonds. The molecule has 2 nitrogen and oxygen atoms in total. The van der Waals surface area contributed by atoms with Crippen molar-refractivity contribution in [1.82, 2.24) is 4.98 Å². The highest BCUT2D eigenvalue weighted by Crippen LogP contribution is 2.36. The molecule has 3 aromatic rings. The lowest BCUT2D eigenvalue weighted by molar-refractivity contribution is -0.136. The van der Waals surface area contributed by atoms with Crippen LogP contribution in [-0.4, -0.2) is 4.98 Å². The highest BCUT2D eigenvalue weighted by atomic mass is 19.4. The highest BCUT2D eigenvalue weighted by Gasteiger charge is 2.33. The molecule has 1 aromatic heterocycles. The van der Waals surface area contributed by atoms with E-state index >= 15 is 0 Å². The van der Waals surface area contributed by atoms with E-state index in [0.717, 1.165) is 22.5 Å². The Kier molecular flexibility index (Phi) is 3.48. The van der Waals surface area contributed by atoms with Gasteiger partial charge in [-0.2, -0.15) is 13.2 Å². The van der Waals surface area contributed by atoms with E-state index < -0.39 is 11.7 Å². The minimum Gasteiger partial charge on any atom is -0.354 e. The summed E-state index contributed by atoms with van der Waals surface area (Å²) in [6.07, 6.45) is -2.82. The number of fused-ring (bicyclic) bond motifs is 1. The first kappa shape index (κ1) is 14.4. The van der Waals surface area contributed by atoms with E-state index in [9.17, 15) is 13.2 Å². The van der Waals surface area contributed by atoms with Crippen molar-refractivity contribution in [1.29, 1.82) is 0 Å². The van der Waals surface area contributed by atoms with E-state index in [1.54, 1.807) is 18.3 Å². The standard InChI is InChI=1S/C17H13F3N2/c1-11-6-7-14-12(10-11)15(8-9-21-14)22-16-5-3-2-4-13(16)17(18,19)20/h2-10H,1H3,(H,21,22). The normalized spacial score (nSPS) is 11.6. The van der Waals surface area contributed by atoms with Gasteiger partial charge in [-0.15, -0.1) is 0 Å². The van der Waals surface area contributed by atoms with Crippen LogP contribution in [0.2, 0.25) is 0 Å². The second-order valence-corrected chi connectivity index (χ2v) is 5.05. The number of aromatic nitrogens is 1. The number of rotatable bonds is 2. The molecule has 2 aromatic carbocycles. The molecule has 0 saturated heterocycles. The van der Waals surface area contributed by atoms with Crippen LogP contribution in [0.25, 0.3) is 10.9 Å². The maximum Gasteiger partial charge on any atom is 0.418 e. The predicted octanol–water partition coefficient (Wildman–Crippen LogP) is 5.31. The third kappa shape index (κ3) is 2.74. The first-order valence-electron chi connectivity index (χ1n) is 6.74. The fourth-order valence-corrected chi connectivity index (χ4v) is 2.35. The fraction of sp³-hybridized carbons (Fsp3) is 0.118. The summed E-state index contributed by atoms with van der Waals surface area (Å²) in [5.41, 5.74) is 1.70. The minimum absolute atomic E-state index is 0.0315. The Labute approximate surface area is 125 Å². The summed E-state index contributed by atoms with van der Waals surface area (Å²) in [4.78, 5) is 4.23. The van der Waals surface area contributed by atoms with Crippen LogP contribution < -0.4 is 5.32 Å². The number of aryl methyl sites for hydroxylation is 1. The molecule has 0 unspecified atom stereocenters. The van der Waals surface area contributed by atoms with Gasteiger partial charge in [0.1, 0.15) is 0 Å². The van der Waals surface area contributed by atoms with Crippen molar-refractivity contribution in [2.75, 3.05) is 5.32 Å². The van der Waals surface area contributed by atoms with Crippen LogP contribution in [0, 0.1) is 6.92 Å². The van der Waals surface area contributed by atoms with Crippen LogP contribution in [-0.2, 0) is 6.18 Å². The molecular weight excluding hydrogens is 289 g/mol. The Morgan fingerprint density at radius 2 is 1.73 bits per heavy atom. The molecule has 22 heavy (non-hydrogen) atoms. The van der Waals surface area contributed by atoms with Gasteiger partial charge in [0.05, 0.1) is 16.8 Å². The van der Waals surface area contributed by atoms with Crippen molar-refractivity contribution in [3.63, 3.8) is 0 Å². The Hall–Kier alpha value is -2.56. The lowest BCUT2D eigenvalue weighted by Gasteiger charge is -2.15. The Balaban J connectivity index is 2.10. The fourth-order valence-electron chi connectivity index (χ4n) is 2.35. The summed E-state index contributed by atoms with van der Waals surface area (Å²) < 4.78 is 39.2. The van der Waals surface area contributed by atoms with E-state index in [1.807, 2.05) is 25.1 Å². The van der Waals surface area contributed by atoms with Crippen LogP contribution in [0.4, 0.5) is 24.5 Å². The number of halogens is 3. The molecule has 3 rings (SSSR count). The molecule has 0 saturated carbocycles. The summed E-state index contributed by atoms with van der Waals surface area (Å²) in [6, 6.07) is 12.8. The molecule has 0 atom stereocenters. The molecule has 0 bridgehead atoms. The van der Waals surface area contributed by atoms with E-state index in [4.69, 9.17) is 0 Å². The van der Waals surface area contributed by atoms with Crippen molar-refractivity contribution >= 4 is 22.3 Å². The van der Waals surface area contributed by atoms with Crippen molar-refractivity contribution in [3.05, 3.63) is 65.9 Å². The molecule has 0 aliphatic heterocycles. The molecule has 0 radical (unpaired) electrons. The molecular formula is C17H13F3N2. The zero-order chi connectivity index (χ0) is 15.7. The largest absolute Gasteiger partial charge is 0.418 e. The summed E-state index contributed by atoms with van der Waals surface area (Å²) in [5.74, 6) is 0. The number of hydrogen-bond acceptors (Lipinski definition) is 2. The van der Waals surface area contributed by atoms with E-state index in [2.05, 4.69) is 10.3 Å². The molecule has 1 heterocycles. The molecule has 112 valence electrons. The number of anilines is 2. The topological polar surface area (TPSA) is 24.9 Å². The number of alkyl halides is 3. The second-order valence-electron chi connectivity index (χ2n) is 5.05. The first-order chi connectivity index (χ1) is 10.4. The molecule has 0 spiro atoms. The number of pyridine rings is 1. The van der Waals surface area contributed by atoms with Crippen molar-refractivity contribution in [3.8, 4) is 0 Å². The number of nitrogens with one attached hydrogen (secondary N) is 1. The lowest BCUT2D eigenvalue weighted by Crippen LogP contribution is -2.08. The van der Waals surface area contributed by atoms with Gasteiger partial charge in [-0.1, -0.05) is 23.8 Å². The third-order valence-corrected chi connectivity index (χ3v) is 3.40. The summed E-state index contributed by atoms with van der Waals surface area (Å²) in [7, 11) is 0. The Morgan fingerprint density at radius 3 is 2.50 bits per heavy atom. The summed E-state index contributed by atoms with van der Waals surface area (Å²) in [6.45, 7) is 1.93. The smallest absolute Gasteiger partial charge is 0.354 e. The number of nitrogens with zero attached hydrogens (tertiary/aromatic N) is 1. The highest BCUT2D eigenvalue weighted by molar-refractivity contribution is 5.93. The van der Waals surface area contributed by atoms with Crippen LogP contribution >= 0.6 is 0 Å². The van der Waals surface area contributed by atoms with Gasteiger partial charge in [0.25, 0.3) is 0 Å². The van der Waals surface area contributed by atoms with Gasteiger partial charge < -0.3 is 5.32 Å². The van der Waals surface area contributed by atoms with Gasteiger partial charge in [0.15, 0.2) is 0 Å². The zero-order valence-corrected chi connectivity index (χ0v) is 11.8. The summed E-state index contributed by atoms with van der Waals surface area (Å²) in [5, 5.41) is 3.68. The zero-order valence-electron chi connectivity index (χ0n) is 11.8. The number of hydrogen-bond donors (Lipinski definition) is 1. The average molecular weight is 302 g/mol. The lowest BCUT2D eigenvalue weighted by atomic mass is 10.1. The van der Waals surface area contributed by atoms with E-state index in [-0.39, 0.29) is 5.69 Å². The van der Waals surface area contributed by atoms with Crippen molar-refractivity contribution < 1.29 is 13.2 Å². The maximum atomic E-state index is 13.1. The second kappa shape index (κ2) is 5.33. The van der Waals surface area contributed by atoms with Gasteiger partial charge in [0, 0.05) is 17.3 Å². The van der Waals surface area contributed by atoms with Gasteiger partial charge in [-0.25, -0.2) is 0 Å². The maximum absolute atomic E-state index is 13.1. The monoisotopic (exact) mass is 302 g/mol. The third-order valence-electron chi connectivity index (χ3n) is 3.40.